The number of fused-ring (bicyclic) bond motifs is 3. The van der Waals surface area contributed by atoms with Gasteiger partial charge in [0.2, 0.25) is 5.95 Å². The fourth-order valence-electron chi connectivity index (χ4n) is 6.25. The second-order valence-electron chi connectivity index (χ2n) is 10.6. The molecule has 0 spiro atoms. The zero-order valence-electron chi connectivity index (χ0n) is 21.3. The van der Waals surface area contributed by atoms with Gasteiger partial charge in [-0.1, -0.05) is 30.3 Å². The number of nitrogens with zero attached hydrogens (tertiary/aromatic N) is 5. The topological polar surface area (TPSA) is 58.9 Å². The minimum atomic E-state index is 0.630. The monoisotopic (exact) mass is 488 g/mol. The molecule has 5 aromatic rings. The van der Waals surface area contributed by atoms with E-state index in [1.807, 2.05) is 24.1 Å². The number of nitrogens with one attached hydrogen (secondary N) is 1. The van der Waals surface area contributed by atoms with E-state index in [0.717, 1.165) is 51.1 Å². The quantitative estimate of drug-likeness (QED) is 0.302. The van der Waals surface area contributed by atoms with Crippen LogP contribution in [0.1, 0.15) is 36.8 Å². The summed E-state index contributed by atoms with van der Waals surface area (Å²) in [4.78, 5) is 12.3. The molecular formula is C31H32N6. The van der Waals surface area contributed by atoms with Gasteiger partial charge in [0.1, 0.15) is 0 Å². The van der Waals surface area contributed by atoms with E-state index in [1.165, 1.54) is 56.3 Å². The van der Waals surface area contributed by atoms with Crippen molar-refractivity contribution in [2.24, 2.45) is 7.05 Å². The highest BCUT2D eigenvalue weighted by Crippen LogP contribution is 2.32. The molecule has 6 heteroatoms. The normalized spacial score (nSPS) is 18.2. The number of rotatable bonds is 4. The number of aromatic nitrogens is 4. The number of anilines is 2. The zero-order valence-corrected chi connectivity index (χ0v) is 21.3. The number of para-hydroxylation sites is 1. The minimum absolute atomic E-state index is 0.630. The van der Waals surface area contributed by atoms with Gasteiger partial charge in [0, 0.05) is 41.3 Å². The molecule has 6 nitrogen and oxygen atoms in total. The van der Waals surface area contributed by atoms with Crippen LogP contribution >= 0.6 is 0 Å². The highest BCUT2D eigenvalue weighted by molar-refractivity contribution is 5.96. The molecule has 2 aromatic heterocycles. The molecular weight excluding hydrogens is 456 g/mol. The molecule has 0 amide bonds. The third-order valence-corrected chi connectivity index (χ3v) is 8.28. The molecule has 186 valence electrons. The van der Waals surface area contributed by atoms with E-state index in [0.29, 0.717) is 5.95 Å². The first-order valence-corrected chi connectivity index (χ1v) is 13.5. The summed E-state index contributed by atoms with van der Waals surface area (Å²) in [6, 6.07) is 20.3. The maximum Gasteiger partial charge on any atom is 0.227 e. The fraction of sp³-hybridized carbons (Fsp3) is 0.323. The van der Waals surface area contributed by atoms with Gasteiger partial charge in [-0.25, -0.2) is 9.97 Å². The molecule has 1 saturated heterocycles. The maximum atomic E-state index is 4.98. The summed E-state index contributed by atoms with van der Waals surface area (Å²) in [6.07, 6.45) is 11.4. The molecule has 1 fully saturated rings. The molecule has 7 rings (SSSR count). The lowest BCUT2D eigenvalue weighted by Crippen LogP contribution is -2.32. The maximum absolute atomic E-state index is 4.98. The Hall–Kier alpha value is -3.77. The summed E-state index contributed by atoms with van der Waals surface area (Å²) in [6.45, 7) is 2.57. The van der Waals surface area contributed by atoms with E-state index in [9.17, 15) is 0 Å². The van der Waals surface area contributed by atoms with Gasteiger partial charge in [-0.3, -0.25) is 4.68 Å². The van der Waals surface area contributed by atoms with E-state index < -0.39 is 0 Å². The summed E-state index contributed by atoms with van der Waals surface area (Å²) in [5.74, 6) is 0.630. The van der Waals surface area contributed by atoms with Gasteiger partial charge in [-0.05, 0) is 92.6 Å². The molecule has 1 aliphatic heterocycles. The number of hydrogen-bond acceptors (Lipinski definition) is 5. The van der Waals surface area contributed by atoms with Crippen molar-refractivity contribution >= 4 is 33.4 Å². The highest BCUT2D eigenvalue weighted by Gasteiger charge is 2.24. The molecule has 1 atom stereocenters. The number of hydrogen-bond donors (Lipinski definition) is 1. The second kappa shape index (κ2) is 9.27. The van der Waals surface area contributed by atoms with Crippen molar-refractivity contribution in [3.8, 4) is 11.1 Å². The van der Waals surface area contributed by atoms with Crippen LogP contribution in [0, 0.1) is 0 Å². The van der Waals surface area contributed by atoms with Crippen LogP contribution < -0.4 is 5.32 Å². The summed E-state index contributed by atoms with van der Waals surface area (Å²) in [7, 11) is 1.97. The van der Waals surface area contributed by atoms with Crippen LogP contribution in [0.4, 0.5) is 11.6 Å². The van der Waals surface area contributed by atoms with E-state index in [1.54, 1.807) is 0 Å². The van der Waals surface area contributed by atoms with Crippen molar-refractivity contribution in [1.82, 2.24) is 24.6 Å². The molecule has 2 aliphatic rings. The lowest BCUT2D eigenvalue weighted by Gasteiger charge is -2.25. The van der Waals surface area contributed by atoms with Gasteiger partial charge in [0.05, 0.1) is 17.2 Å². The van der Waals surface area contributed by atoms with Crippen LogP contribution in [0.2, 0.25) is 0 Å². The Kier molecular flexibility index (Phi) is 5.62. The fourth-order valence-corrected chi connectivity index (χ4v) is 6.25. The van der Waals surface area contributed by atoms with E-state index in [-0.39, 0.29) is 0 Å². The third kappa shape index (κ3) is 4.25. The summed E-state index contributed by atoms with van der Waals surface area (Å²) < 4.78 is 1.90. The lowest BCUT2D eigenvalue weighted by molar-refractivity contribution is 0.222. The predicted molar refractivity (Wildman–Crippen MR) is 150 cm³/mol. The number of aryl methyl sites for hydroxylation is 3. The first-order valence-electron chi connectivity index (χ1n) is 13.5. The Labute approximate surface area is 217 Å². The molecule has 1 N–H and O–H groups in total. The van der Waals surface area contributed by atoms with Crippen molar-refractivity contribution in [3.63, 3.8) is 0 Å². The van der Waals surface area contributed by atoms with Crippen molar-refractivity contribution in [1.29, 1.82) is 0 Å². The van der Waals surface area contributed by atoms with Gasteiger partial charge in [0.25, 0.3) is 0 Å². The number of benzene rings is 3. The van der Waals surface area contributed by atoms with E-state index in [4.69, 9.17) is 4.98 Å². The van der Waals surface area contributed by atoms with Crippen LogP contribution in [-0.4, -0.2) is 43.8 Å². The number of likely N-dealkylation sites (tertiary alicyclic amines) is 1. The molecule has 0 bridgehead atoms. The van der Waals surface area contributed by atoms with Crippen LogP contribution in [0.3, 0.4) is 0 Å². The Balaban J connectivity index is 1.17. The standard InChI is InChI=1S/C31H32N6/c1-36-29-14-10-23(17-25(29)20-33-36)28-6-4-5-24-19-32-31(35-30(24)28)34-26-11-7-21-8-12-27(13-9-22(21)18-26)37-15-2-3-16-37/h4-7,10-11,14,17-20,27H,2-3,8-9,12-13,15-16H2,1H3,(H,32,34,35)/t27-/m0/s1. The molecule has 0 radical (unpaired) electrons. The summed E-state index contributed by atoms with van der Waals surface area (Å²) in [5, 5.41) is 10.0. The molecule has 1 aliphatic carbocycles. The second-order valence-corrected chi connectivity index (χ2v) is 10.6. The molecule has 3 aromatic carbocycles. The van der Waals surface area contributed by atoms with Crippen LogP contribution in [0.25, 0.3) is 32.9 Å². The predicted octanol–water partition coefficient (Wildman–Crippen LogP) is 6.27. The van der Waals surface area contributed by atoms with Gasteiger partial charge < -0.3 is 10.2 Å². The smallest absolute Gasteiger partial charge is 0.227 e. The molecule has 3 heterocycles. The van der Waals surface area contributed by atoms with Crippen molar-refractivity contribution in [2.75, 3.05) is 18.4 Å². The summed E-state index contributed by atoms with van der Waals surface area (Å²) >= 11 is 0. The Morgan fingerprint density at radius 3 is 2.62 bits per heavy atom. The highest BCUT2D eigenvalue weighted by atomic mass is 15.2. The first kappa shape index (κ1) is 22.4. The third-order valence-electron chi connectivity index (χ3n) is 8.28. The minimum Gasteiger partial charge on any atom is -0.324 e. The summed E-state index contributed by atoms with van der Waals surface area (Å²) in [5.41, 5.74) is 8.34. The Morgan fingerprint density at radius 2 is 1.73 bits per heavy atom. The average molecular weight is 489 g/mol. The molecule has 0 saturated carbocycles. The molecule has 0 unspecified atom stereocenters. The van der Waals surface area contributed by atoms with Gasteiger partial charge in [0.15, 0.2) is 0 Å². The first-order chi connectivity index (χ1) is 18.2. The van der Waals surface area contributed by atoms with Gasteiger partial charge >= 0.3 is 0 Å². The largest absolute Gasteiger partial charge is 0.324 e. The molecule has 37 heavy (non-hydrogen) atoms. The Bertz CT molecular complexity index is 1600. The Morgan fingerprint density at radius 1 is 0.865 bits per heavy atom. The van der Waals surface area contributed by atoms with E-state index >= 15 is 0 Å². The van der Waals surface area contributed by atoms with Gasteiger partial charge in [-0.2, -0.15) is 5.10 Å². The van der Waals surface area contributed by atoms with Crippen LogP contribution in [0.15, 0.2) is 67.0 Å². The van der Waals surface area contributed by atoms with E-state index in [2.05, 4.69) is 74.9 Å². The average Bonchev–Trinajstić information content (AvgIpc) is 3.54. The van der Waals surface area contributed by atoms with Crippen LogP contribution in [-0.2, 0) is 19.9 Å². The van der Waals surface area contributed by atoms with Gasteiger partial charge in [-0.15, -0.1) is 0 Å². The van der Waals surface area contributed by atoms with Crippen molar-refractivity contribution in [2.45, 2.75) is 44.6 Å². The van der Waals surface area contributed by atoms with Crippen molar-refractivity contribution in [3.05, 3.63) is 78.1 Å². The zero-order chi connectivity index (χ0) is 24.8. The lowest BCUT2D eigenvalue weighted by atomic mass is 10.0. The van der Waals surface area contributed by atoms with Crippen LogP contribution in [0.5, 0.6) is 0 Å². The SMILES string of the molecule is Cn1ncc2cc(-c3cccc4cnc(Nc5ccc6c(c5)CC[C@@H](N5CCCC5)CC6)nc34)ccc21. The van der Waals surface area contributed by atoms with Crippen molar-refractivity contribution < 1.29 is 0 Å².